The highest BCUT2D eigenvalue weighted by Crippen LogP contribution is 2.31. The largest absolute Gasteiger partial charge is 0.361 e. The van der Waals surface area contributed by atoms with E-state index in [-0.39, 0.29) is 16.8 Å². The monoisotopic (exact) mass is 442 g/mol. The maximum absolute atomic E-state index is 13.8. The maximum Gasteiger partial charge on any atom is 0.270 e. The van der Waals surface area contributed by atoms with E-state index < -0.39 is 10.0 Å². The summed E-state index contributed by atoms with van der Waals surface area (Å²) in [5.41, 5.74) is 1.89. The number of aromatic amines is 2. The lowest BCUT2D eigenvalue weighted by molar-refractivity contribution is 0.0787. The summed E-state index contributed by atoms with van der Waals surface area (Å²) in [6, 6.07) is 8.78. The van der Waals surface area contributed by atoms with Gasteiger partial charge in [0.15, 0.2) is 0 Å². The average Bonchev–Trinajstić information content (AvgIpc) is 3.47. The molecular formula is C23H30N4O3S. The molecule has 0 radical (unpaired) electrons. The van der Waals surface area contributed by atoms with Crippen molar-refractivity contribution in [2.75, 3.05) is 17.4 Å². The third-order valence-corrected chi connectivity index (χ3v) is 7.76. The number of hydrogen-bond acceptors (Lipinski definition) is 3. The molecule has 1 aromatic carbocycles. The maximum atomic E-state index is 13.8. The molecule has 2 N–H and O–H groups in total. The van der Waals surface area contributed by atoms with Crippen molar-refractivity contribution in [3.8, 4) is 0 Å². The van der Waals surface area contributed by atoms with Crippen LogP contribution in [0.2, 0.25) is 0 Å². The van der Waals surface area contributed by atoms with E-state index in [9.17, 15) is 13.2 Å². The van der Waals surface area contributed by atoms with Crippen molar-refractivity contribution >= 4 is 32.5 Å². The molecule has 1 atom stereocenters. The van der Waals surface area contributed by atoms with Gasteiger partial charge in [-0.2, -0.15) is 0 Å². The number of carbonyl (C=O) groups is 1. The quantitative estimate of drug-likeness (QED) is 0.570. The van der Waals surface area contributed by atoms with Crippen molar-refractivity contribution in [1.82, 2.24) is 14.9 Å². The first-order valence-corrected chi connectivity index (χ1v) is 12.3. The van der Waals surface area contributed by atoms with Gasteiger partial charge >= 0.3 is 0 Å². The number of amides is 1. The van der Waals surface area contributed by atoms with Gasteiger partial charge in [0.05, 0.1) is 5.69 Å². The van der Waals surface area contributed by atoms with Crippen LogP contribution in [0, 0.1) is 5.92 Å². The van der Waals surface area contributed by atoms with Crippen molar-refractivity contribution < 1.29 is 13.2 Å². The van der Waals surface area contributed by atoms with Crippen LogP contribution in [-0.2, 0) is 10.0 Å². The van der Waals surface area contributed by atoms with Crippen LogP contribution in [0.1, 0.15) is 50.5 Å². The van der Waals surface area contributed by atoms with E-state index >= 15 is 0 Å². The second kappa shape index (κ2) is 8.42. The Morgan fingerprint density at radius 2 is 1.84 bits per heavy atom. The summed E-state index contributed by atoms with van der Waals surface area (Å²) in [6.45, 7) is 7.53. The molecule has 1 saturated heterocycles. The van der Waals surface area contributed by atoms with Gasteiger partial charge in [0.2, 0.25) is 0 Å². The first-order valence-electron chi connectivity index (χ1n) is 10.9. The van der Waals surface area contributed by atoms with Crippen LogP contribution in [-0.4, -0.2) is 48.3 Å². The van der Waals surface area contributed by atoms with Gasteiger partial charge in [-0.05, 0) is 62.4 Å². The molecule has 0 spiro atoms. The van der Waals surface area contributed by atoms with E-state index in [0.717, 1.165) is 23.7 Å². The molecule has 0 aliphatic carbocycles. The Hall–Kier alpha value is -2.74. The zero-order valence-corrected chi connectivity index (χ0v) is 19.1. The Morgan fingerprint density at radius 1 is 1.10 bits per heavy atom. The number of rotatable bonds is 7. The van der Waals surface area contributed by atoms with E-state index in [1.807, 2.05) is 37.4 Å². The molecule has 1 aliphatic heterocycles. The number of nitrogens with zero attached hydrogens (tertiary/aromatic N) is 2. The standard InChI is InChI=1S/C23H30N4O3S/c1-16(2)12-17(3)27(19-6-7-21-18(13-19)8-9-24-21)31(29,30)20-14-22(25-15-20)23(28)26-10-4-5-11-26/h6-9,13-17,24-25H,4-5,10-12H2,1-3H3. The van der Waals surface area contributed by atoms with Crippen molar-refractivity contribution in [2.45, 2.75) is 51.0 Å². The smallest absolute Gasteiger partial charge is 0.270 e. The van der Waals surface area contributed by atoms with Crippen LogP contribution in [0.3, 0.4) is 0 Å². The fraction of sp³-hybridized carbons (Fsp3) is 0.435. The number of fused-ring (bicyclic) bond motifs is 1. The van der Waals surface area contributed by atoms with E-state index in [2.05, 4.69) is 23.8 Å². The highest BCUT2D eigenvalue weighted by molar-refractivity contribution is 7.92. The molecule has 1 aliphatic rings. The second-order valence-electron chi connectivity index (χ2n) is 8.78. The third-order valence-electron chi connectivity index (χ3n) is 5.84. The molecule has 2 aromatic heterocycles. The van der Waals surface area contributed by atoms with Crippen LogP contribution in [0.5, 0.6) is 0 Å². The molecule has 31 heavy (non-hydrogen) atoms. The molecule has 7 nitrogen and oxygen atoms in total. The third kappa shape index (κ3) is 4.21. The lowest BCUT2D eigenvalue weighted by Crippen LogP contribution is -2.39. The van der Waals surface area contributed by atoms with Gasteiger partial charge in [-0.15, -0.1) is 0 Å². The Kier molecular flexibility index (Phi) is 5.83. The van der Waals surface area contributed by atoms with Crippen molar-refractivity contribution in [3.05, 3.63) is 48.4 Å². The van der Waals surface area contributed by atoms with Crippen LogP contribution in [0.4, 0.5) is 5.69 Å². The highest BCUT2D eigenvalue weighted by Gasteiger charge is 2.32. The molecular weight excluding hydrogens is 412 g/mol. The number of anilines is 1. The van der Waals surface area contributed by atoms with Crippen LogP contribution in [0.25, 0.3) is 10.9 Å². The predicted octanol–water partition coefficient (Wildman–Crippen LogP) is 4.36. The number of likely N-dealkylation sites (tertiary alicyclic amines) is 1. The van der Waals surface area contributed by atoms with Gasteiger partial charge in [0.25, 0.3) is 15.9 Å². The molecule has 8 heteroatoms. The number of sulfonamides is 1. The van der Waals surface area contributed by atoms with Crippen LogP contribution >= 0.6 is 0 Å². The summed E-state index contributed by atoms with van der Waals surface area (Å²) in [5, 5.41) is 0.952. The van der Waals surface area contributed by atoms with Gasteiger partial charge in [-0.3, -0.25) is 9.10 Å². The Bertz CT molecular complexity index is 1170. The topological polar surface area (TPSA) is 89.3 Å². The number of hydrogen-bond donors (Lipinski definition) is 2. The van der Waals surface area contributed by atoms with E-state index in [1.165, 1.54) is 16.6 Å². The molecule has 4 rings (SSSR count). The Balaban J connectivity index is 1.72. The molecule has 0 bridgehead atoms. The van der Waals surface area contributed by atoms with Crippen LogP contribution < -0.4 is 4.31 Å². The molecule has 1 fully saturated rings. The number of carbonyl (C=O) groups excluding carboxylic acids is 1. The van der Waals surface area contributed by atoms with Gasteiger partial charge in [0.1, 0.15) is 10.6 Å². The SMILES string of the molecule is CC(C)CC(C)N(c1ccc2[nH]ccc2c1)S(=O)(=O)c1c[nH]c(C(=O)N2CCCC2)c1. The summed E-state index contributed by atoms with van der Waals surface area (Å²) in [7, 11) is -3.87. The molecule has 0 saturated carbocycles. The average molecular weight is 443 g/mol. The summed E-state index contributed by atoms with van der Waals surface area (Å²) >= 11 is 0. The van der Waals surface area contributed by atoms with Gasteiger partial charge in [0, 0.05) is 42.4 Å². The number of nitrogens with one attached hydrogen (secondary N) is 2. The number of benzene rings is 1. The summed E-state index contributed by atoms with van der Waals surface area (Å²) in [4.78, 5) is 20.6. The predicted molar refractivity (Wildman–Crippen MR) is 123 cm³/mol. The molecule has 3 aromatic rings. The zero-order valence-electron chi connectivity index (χ0n) is 18.3. The second-order valence-corrected chi connectivity index (χ2v) is 10.6. The fourth-order valence-electron chi connectivity index (χ4n) is 4.44. The fourth-order valence-corrected chi connectivity index (χ4v) is 6.09. The minimum absolute atomic E-state index is 0.111. The Labute approximate surface area is 183 Å². The normalized spacial score (nSPS) is 15.7. The lowest BCUT2D eigenvalue weighted by atomic mass is 10.0. The van der Waals surface area contributed by atoms with Gasteiger partial charge in [-0.1, -0.05) is 13.8 Å². The summed E-state index contributed by atoms with van der Waals surface area (Å²) in [6.07, 6.45) is 5.96. The van der Waals surface area contributed by atoms with E-state index in [1.54, 1.807) is 4.90 Å². The lowest BCUT2D eigenvalue weighted by Gasteiger charge is -2.31. The summed E-state index contributed by atoms with van der Waals surface area (Å²) in [5.74, 6) is 0.191. The minimum Gasteiger partial charge on any atom is -0.361 e. The van der Waals surface area contributed by atoms with Crippen LogP contribution in [0.15, 0.2) is 47.6 Å². The van der Waals surface area contributed by atoms with Crippen molar-refractivity contribution in [2.24, 2.45) is 5.92 Å². The summed E-state index contributed by atoms with van der Waals surface area (Å²) < 4.78 is 29.0. The van der Waals surface area contributed by atoms with Crippen molar-refractivity contribution in [1.29, 1.82) is 0 Å². The number of aromatic nitrogens is 2. The first-order chi connectivity index (χ1) is 14.8. The zero-order chi connectivity index (χ0) is 22.2. The van der Waals surface area contributed by atoms with Crippen molar-refractivity contribution in [3.63, 3.8) is 0 Å². The van der Waals surface area contributed by atoms with Gasteiger partial charge < -0.3 is 14.9 Å². The molecule has 3 heterocycles. The Morgan fingerprint density at radius 3 is 2.55 bits per heavy atom. The van der Waals surface area contributed by atoms with Gasteiger partial charge in [-0.25, -0.2) is 8.42 Å². The minimum atomic E-state index is -3.87. The van der Waals surface area contributed by atoms with E-state index in [0.29, 0.717) is 36.8 Å². The first kappa shape index (κ1) is 21.5. The van der Waals surface area contributed by atoms with E-state index in [4.69, 9.17) is 0 Å². The molecule has 166 valence electrons. The molecule has 1 unspecified atom stereocenters. The molecule has 1 amide bonds. The number of H-pyrrole nitrogens is 2. The highest BCUT2D eigenvalue weighted by atomic mass is 32.2.